The van der Waals surface area contributed by atoms with E-state index in [-0.39, 0.29) is 16.8 Å². The minimum atomic E-state index is -3.64. The molecule has 164 valence electrons. The second-order valence-corrected chi connectivity index (χ2v) is 9.68. The molecule has 0 bridgehead atoms. The summed E-state index contributed by atoms with van der Waals surface area (Å²) in [6.07, 6.45) is 0. The van der Waals surface area contributed by atoms with E-state index in [9.17, 15) is 13.2 Å². The number of nitrogens with one attached hydrogen (secondary N) is 1. The Labute approximate surface area is 180 Å². The topological polar surface area (TPSA) is 69.7 Å². The highest BCUT2D eigenvalue weighted by Gasteiger charge is 2.24. The van der Waals surface area contributed by atoms with Crippen molar-refractivity contribution in [1.29, 1.82) is 0 Å². The first-order valence-electron chi connectivity index (χ1n) is 10.2. The van der Waals surface area contributed by atoms with E-state index in [0.29, 0.717) is 17.7 Å². The Bertz CT molecular complexity index is 969. The molecule has 2 aromatic carbocycles. The second kappa shape index (κ2) is 10.2. The van der Waals surface area contributed by atoms with E-state index in [2.05, 4.69) is 36.2 Å². The lowest BCUT2D eigenvalue weighted by molar-refractivity contribution is 0.0934. The molecule has 0 radical (unpaired) electrons. The summed E-state index contributed by atoms with van der Waals surface area (Å²) in [7, 11) is -0.654. The second-order valence-electron chi connectivity index (χ2n) is 7.56. The summed E-state index contributed by atoms with van der Waals surface area (Å²) in [5, 5.41) is 3.01. The summed E-state index contributed by atoms with van der Waals surface area (Å²) in [5.74, 6) is -0.276. The maximum atomic E-state index is 13.0. The lowest BCUT2D eigenvalue weighted by atomic mass is 10.0. The van der Waals surface area contributed by atoms with Gasteiger partial charge in [-0.1, -0.05) is 44.2 Å². The van der Waals surface area contributed by atoms with E-state index < -0.39 is 10.0 Å². The van der Waals surface area contributed by atoms with Crippen LogP contribution < -0.4 is 5.32 Å². The van der Waals surface area contributed by atoms with Gasteiger partial charge in [0.1, 0.15) is 0 Å². The standard InChI is InChI=1S/C23H33N3O3S/c1-7-26(8-2)21(19-12-10-9-11-13-19)16-24-23(27)20-14-17(3)18(4)22(15-20)30(28,29)25(5)6/h9-15,21H,7-8,16H2,1-6H3,(H,24,27). The average molecular weight is 432 g/mol. The van der Waals surface area contributed by atoms with E-state index in [4.69, 9.17) is 0 Å². The Morgan fingerprint density at radius 3 is 2.17 bits per heavy atom. The van der Waals surface area contributed by atoms with Gasteiger partial charge in [-0.05, 0) is 55.8 Å². The molecule has 2 rings (SSSR count). The first kappa shape index (κ1) is 24.1. The summed E-state index contributed by atoms with van der Waals surface area (Å²) in [5.41, 5.74) is 2.92. The molecule has 0 heterocycles. The van der Waals surface area contributed by atoms with Gasteiger partial charge in [0.15, 0.2) is 0 Å². The van der Waals surface area contributed by atoms with E-state index in [1.807, 2.05) is 25.1 Å². The van der Waals surface area contributed by atoms with E-state index in [0.717, 1.165) is 24.2 Å². The molecule has 0 aliphatic carbocycles. The predicted octanol–water partition coefficient (Wildman–Crippen LogP) is 3.37. The van der Waals surface area contributed by atoms with Gasteiger partial charge in [0.05, 0.1) is 10.9 Å². The number of carbonyl (C=O) groups is 1. The van der Waals surface area contributed by atoms with Crippen molar-refractivity contribution in [2.45, 2.75) is 38.6 Å². The van der Waals surface area contributed by atoms with Crippen LogP contribution in [0.5, 0.6) is 0 Å². The van der Waals surface area contributed by atoms with Crippen molar-refractivity contribution >= 4 is 15.9 Å². The van der Waals surface area contributed by atoms with Crippen LogP contribution >= 0.6 is 0 Å². The zero-order valence-electron chi connectivity index (χ0n) is 18.8. The largest absolute Gasteiger partial charge is 0.350 e. The third kappa shape index (κ3) is 5.28. The summed E-state index contributed by atoms with van der Waals surface area (Å²) in [6.45, 7) is 9.95. The van der Waals surface area contributed by atoms with Crippen LogP contribution in [0, 0.1) is 13.8 Å². The van der Waals surface area contributed by atoms with Crippen molar-refractivity contribution in [2.75, 3.05) is 33.7 Å². The molecule has 0 aromatic heterocycles. The van der Waals surface area contributed by atoms with Crippen LogP contribution in [0.1, 0.15) is 46.9 Å². The molecule has 1 unspecified atom stereocenters. The maximum Gasteiger partial charge on any atom is 0.251 e. The van der Waals surface area contributed by atoms with Gasteiger partial charge in [0.25, 0.3) is 5.91 Å². The smallest absolute Gasteiger partial charge is 0.251 e. The van der Waals surface area contributed by atoms with Gasteiger partial charge >= 0.3 is 0 Å². The molecule has 0 spiro atoms. The lowest BCUT2D eigenvalue weighted by Gasteiger charge is -2.30. The van der Waals surface area contributed by atoms with Crippen LogP contribution in [-0.4, -0.2) is 57.3 Å². The van der Waals surface area contributed by atoms with E-state index in [1.165, 1.54) is 24.5 Å². The zero-order chi connectivity index (χ0) is 22.5. The van der Waals surface area contributed by atoms with E-state index >= 15 is 0 Å². The summed E-state index contributed by atoms with van der Waals surface area (Å²) in [4.78, 5) is 15.4. The number of aryl methyl sites for hydroxylation is 1. The summed E-state index contributed by atoms with van der Waals surface area (Å²) < 4.78 is 26.5. The zero-order valence-corrected chi connectivity index (χ0v) is 19.6. The third-order valence-electron chi connectivity index (χ3n) is 5.53. The van der Waals surface area contributed by atoms with Crippen molar-refractivity contribution in [3.8, 4) is 0 Å². The lowest BCUT2D eigenvalue weighted by Crippen LogP contribution is -2.38. The number of benzene rings is 2. The van der Waals surface area contributed by atoms with E-state index in [1.54, 1.807) is 13.0 Å². The Hall–Kier alpha value is -2.22. The molecule has 0 saturated heterocycles. The number of sulfonamides is 1. The van der Waals surface area contributed by atoms with Gasteiger partial charge in [0, 0.05) is 26.2 Å². The first-order valence-corrected chi connectivity index (χ1v) is 11.7. The molecule has 1 N–H and O–H groups in total. The molecule has 0 aliphatic heterocycles. The molecule has 0 aliphatic rings. The van der Waals surface area contributed by atoms with Crippen LogP contribution in [0.2, 0.25) is 0 Å². The number of carbonyl (C=O) groups excluding carboxylic acids is 1. The van der Waals surface area contributed by atoms with Gasteiger partial charge in [-0.15, -0.1) is 0 Å². The van der Waals surface area contributed by atoms with Crippen LogP contribution in [0.3, 0.4) is 0 Å². The van der Waals surface area contributed by atoms with Crippen molar-refractivity contribution in [2.24, 2.45) is 0 Å². The molecule has 1 amide bonds. The summed E-state index contributed by atoms with van der Waals surface area (Å²) in [6, 6.07) is 13.4. The molecule has 1 atom stereocenters. The Balaban J connectivity index is 2.31. The Kier molecular flexibility index (Phi) is 8.18. The fourth-order valence-corrected chi connectivity index (χ4v) is 4.73. The molecule has 30 heavy (non-hydrogen) atoms. The number of hydrogen-bond donors (Lipinski definition) is 1. The molecular weight excluding hydrogens is 398 g/mol. The van der Waals surface area contributed by atoms with Gasteiger partial charge in [-0.2, -0.15) is 0 Å². The van der Waals surface area contributed by atoms with Crippen molar-refractivity contribution < 1.29 is 13.2 Å². The highest BCUT2D eigenvalue weighted by Crippen LogP contribution is 2.24. The molecule has 7 heteroatoms. The fourth-order valence-electron chi connectivity index (χ4n) is 3.51. The average Bonchev–Trinajstić information content (AvgIpc) is 2.73. The van der Waals surface area contributed by atoms with Crippen molar-refractivity contribution in [3.05, 3.63) is 64.7 Å². The minimum Gasteiger partial charge on any atom is -0.350 e. The fraction of sp³-hybridized carbons (Fsp3) is 0.435. The Morgan fingerprint density at radius 1 is 1.03 bits per heavy atom. The van der Waals surface area contributed by atoms with Crippen LogP contribution in [0.4, 0.5) is 0 Å². The third-order valence-corrected chi connectivity index (χ3v) is 7.48. The minimum absolute atomic E-state index is 0.0432. The quantitative estimate of drug-likeness (QED) is 0.661. The normalized spacial score (nSPS) is 12.9. The first-order chi connectivity index (χ1) is 14.1. The Morgan fingerprint density at radius 2 is 1.63 bits per heavy atom. The highest BCUT2D eigenvalue weighted by molar-refractivity contribution is 7.89. The van der Waals surface area contributed by atoms with Gasteiger partial charge in [-0.3, -0.25) is 9.69 Å². The van der Waals surface area contributed by atoms with Crippen LogP contribution in [0.25, 0.3) is 0 Å². The van der Waals surface area contributed by atoms with Gasteiger partial charge in [0.2, 0.25) is 10.0 Å². The summed E-state index contributed by atoms with van der Waals surface area (Å²) >= 11 is 0. The number of hydrogen-bond acceptors (Lipinski definition) is 4. The molecule has 0 saturated carbocycles. The molecule has 6 nitrogen and oxygen atoms in total. The molecule has 2 aromatic rings. The number of likely N-dealkylation sites (N-methyl/N-ethyl adjacent to an activating group) is 1. The van der Waals surface area contributed by atoms with Crippen LogP contribution in [-0.2, 0) is 10.0 Å². The molecular formula is C23H33N3O3S. The maximum absolute atomic E-state index is 13.0. The number of nitrogens with zero attached hydrogens (tertiary/aromatic N) is 2. The number of amides is 1. The van der Waals surface area contributed by atoms with Crippen LogP contribution in [0.15, 0.2) is 47.4 Å². The van der Waals surface area contributed by atoms with Crippen molar-refractivity contribution in [1.82, 2.24) is 14.5 Å². The van der Waals surface area contributed by atoms with Gasteiger partial charge < -0.3 is 5.32 Å². The van der Waals surface area contributed by atoms with Crippen molar-refractivity contribution in [3.63, 3.8) is 0 Å². The monoisotopic (exact) mass is 431 g/mol. The number of rotatable bonds is 9. The predicted molar refractivity (Wildman–Crippen MR) is 121 cm³/mol. The SMILES string of the molecule is CCN(CC)C(CNC(=O)c1cc(C)c(C)c(S(=O)(=O)N(C)C)c1)c1ccccc1. The molecule has 0 fully saturated rings. The van der Waals surface area contributed by atoms with Gasteiger partial charge in [-0.25, -0.2) is 12.7 Å². The highest BCUT2D eigenvalue weighted by atomic mass is 32.2.